The Morgan fingerprint density at radius 2 is 2.03 bits per heavy atom. The molecule has 1 aliphatic heterocycles. The molecule has 3 aliphatic rings. The van der Waals surface area contributed by atoms with Gasteiger partial charge in [-0.25, -0.2) is 14.5 Å². The lowest BCUT2D eigenvalue weighted by Crippen LogP contribution is -2.58. The Labute approximate surface area is 228 Å². The van der Waals surface area contributed by atoms with E-state index in [0.29, 0.717) is 36.3 Å². The molecule has 208 valence electrons. The van der Waals surface area contributed by atoms with Crippen LogP contribution in [0.2, 0.25) is 0 Å². The zero-order valence-electron chi connectivity index (χ0n) is 22.7. The zero-order valence-corrected chi connectivity index (χ0v) is 22.7. The van der Waals surface area contributed by atoms with Crippen LogP contribution in [-0.4, -0.2) is 79.5 Å². The summed E-state index contributed by atoms with van der Waals surface area (Å²) in [7, 11) is 0. The van der Waals surface area contributed by atoms with Gasteiger partial charge in [-0.05, 0) is 55.7 Å². The summed E-state index contributed by atoms with van der Waals surface area (Å²) in [6.45, 7) is 7.28. The number of amides is 1. The summed E-state index contributed by atoms with van der Waals surface area (Å²) in [5.74, 6) is 1.75. The fraction of sp³-hybridized carbons (Fsp3) is 0.586. The number of nitrogens with zero attached hydrogens (tertiary/aromatic N) is 5. The number of anilines is 1. The fourth-order valence-corrected chi connectivity index (χ4v) is 6.06. The first-order chi connectivity index (χ1) is 18.9. The van der Waals surface area contributed by atoms with Gasteiger partial charge in [0, 0.05) is 54.8 Å². The van der Waals surface area contributed by atoms with Crippen molar-refractivity contribution in [2.45, 2.75) is 76.9 Å². The topological polar surface area (TPSA) is 114 Å². The van der Waals surface area contributed by atoms with Gasteiger partial charge >= 0.3 is 0 Å². The summed E-state index contributed by atoms with van der Waals surface area (Å²) >= 11 is 0. The number of aromatic nitrogens is 4. The van der Waals surface area contributed by atoms with Gasteiger partial charge in [0.25, 0.3) is 0 Å². The molecule has 4 heterocycles. The van der Waals surface area contributed by atoms with Gasteiger partial charge in [-0.15, -0.1) is 0 Å². The highest BCUT2D eigenvalue weighted by Gasteiger charge is 2.42. The largest absolute Gasteiger partial charge is 0.390 e. The van der Waals surface area contributed by atoms with Crippen molar-refractivity contribution in [3.8, 4) is 11.1 Å². The van der Waals surface area contributed by atoms with Crippen molar-refractivity contribution in [2.24, 2.45) is 11.8 Å². The van der Waals surface area contributed by atoms with Gasteiger partial charge in [0.15, 0.2) is 11.6 Å². The third-order valence-corrected chi connectivity index (χ3v) is 8.53. The molecule has 0 spiro atoms. The van der Waals surface area contributed by atoms with Crippen molar-refractivity contribution >= 4 is 17.2 Å². The molecule has 39 heavy (non-hydrogen) atoms. The summed E-state index contributed by atoms with van der Waals surface area (Å²) < 4.78 is 13.2. The van der Waals surface area contributed by atoms with Crippen molar-refractivity contribution in [1.82, 2.24) is 24.5 Å². The summed E-state index contributed by atoms with van der Waals surface area (Å²) in [4.78, 5) is 24.4. The van der Waals surface area contributed by atoms with Crippen molar-refractivity contribution in [2.75, 3.05) is 25.1 Å². The number of carbonyl (C=O) groups is 1. The Kier molecular flexibility index (Phi) is 7.61. The molecule has 3 aromatic heterocycles. The fourth-order valence-electron chi connectivity index (χ4n) is 6.06. The van der Waals surface area contributed by atoms with Gasteiger partial charge in [0.05, 0.1) is 30.9 Å². The molecule has 0 bridgehead atoms. The van der Waals surface area contributed by atoms with Crippen molar-refractivity contribution in [3.05, 3.63) is 42.6 Å². The highest BCUT2D eigenvalue weighted by molar-refractivity contribution is 5.93. The van der Waals surface area contributed by atoms with Crippen LogP contribution in [-0.2, 0) is 20.9 Å². The predicted molar refractivity (Wildman–Crippen MR) is 146 cm³/mol. The molecule has 3 aromatic rings. The van der Waals surface area contributed by atoms with E-state index < -0.39 is 0 Å². The standard InChI is InChI=1S/C29H38N6O4/c1-18(2)24-16-38-9-8-34(24)22-11-20(12-22)29(37)32-27-13-23-10-19(6-7-35(23)33-27)21-14-30-28(31-15-21)17-39-26-5-3-4-25(26)36/h6-7,10,13-15,18,20,22,24-26,36H,3-5,8-9,11-12,16-17H2,1-2H3,(H,32,33,37)/t20-,22+,24-,25+,26+/m1/s1. The number of nitrogens with one attached hydrogen (secondary N) is 1. The molecule has 1 saturated heterocycles. The monoisotopic (exact) mass is 534 g/mol. The van der Waals surface area contributed by atoms with Gasteiger partial charge in [-0.3, -0.25) is 9.69 Å². The number of aliphatic hydroxyl groups excluding tert-OH is 1. The molecule has 10 heteroatoms. The lowest BCUT2D eigenvalue weighted by molar-refractivity contribution is -0.128. The number of pyridine rings is 1. The number of ether oxygens (including phenoxy) is 2. The van der Waals surface area contributed by atoms with E-state index in [1.54, 1.807) is 16.9 Å². The van der Waals surface area contributed by atoms with Crippen LogP contribution in [0.1, 0.15) is 51.8 Å². The maximum Gasteiger partial charge on any atom is 0.228 e. The lowest BCUT2D eigenvalue weighted by Gasteiger charge is -2.48. The molecule has 10 nitrogen and oxygen atoms in total. The van der Waals surface area contributed by atoms with E-state index in [9.17, 15) is 9.90 Å². The Morgan fingerprint density at radius 3 is 2.77 bits per heavy atom. The molecular weight excluding hydrogens is 496 g/mol. The van der Waals surface area contributed by atoms with E-state index in [2.05, 4.69) is 39.1 Å². The number of rotatable bonds is 8. The van der Waals surface area contributed by atoms with Crippen LogP contribution in [0.25, 0.3) is 16.6 Å². The van der Waals surface area contributed by atoms with Gasteiger partial charge in [0.2, 0.25) is 5.91 Å². The number of carbonyl (C=O) groups excluding carboxylic acids is 1. The summed E-state index contributed by atoms with van der Waals surface area (Å²) in [6, 6.07) is 6.75. The number of fused-ring (bicyclic) bond motifs is 1. The van der Waals surface area contributed by atoms with Crippen LogP contribution in [0.4, 0.5) is 5.82 Å². The summed E-state index contributed by atoms with van der Waals surface area (Å²) in [5, 5.41) is 17.5. The molecule has 0 unspecified atom stereocenters. The number of aliphatic hydroxyl groups is 1. The van der Waals surface area contributed by atoms with Gasteiger partial charge in [0.1, 0.15) is 6.61 Å². The highest BCUT2D eigenvalue weighted by Crippen LogP contribution is 2.36. The smallest absolute Gasteiger partial charge is 0.228 e. The third kappa shape index (κ3) is 5.70. The highest BCUT2D eigenvalue weighted by atomic mass is 16.5. The van der Waals surface area contributed by atoms with Crippen LogP contribution in [0.5, 0.6) is 0 Å². The molecule has 1 amide bonds. The first-order valence-electron chi connectivity index (χ1n) is 14.2. The van der Waals surface area contributed by atoms with Crippen LogP contribution in [0.15, 0.2) is 36.8 Å². The summed E-state index contributed by atoms with van der Waals surface area (Å²) in [5.41, 5.74) is 2.73. The minimum Gasteiger partial charge on any atom is -0.390 e. The minimum absolute atomic E-state index is 0.0163. The van der Waals surface area contributed by atoms with E-state index in [4.69, 9.17) is 9.47 Å². The number of hydrogen-bond acceptors (Lipinski definition) is 8. The summed E-state index contributed by atoms with van der Waals surface area (Å²) in [6.07, 6.45) is 9.36. The third-order valence-electron chi connectivity index (χ3n) is 8.53. The average Bonchev–Trinajstić information content (AvgIpc) is 3.51. The second-order valence-electron chi connectivity index (χ2n) is 11.5. The molecule has 0 radical (unpaired) electrons. The quantitative estimate of drug-likeness (QED) is 0.453. The first-order valence-corrected chi connectivity index (χ1v) is 14.2. The van der Waals surface area contributed by atoms with Crippen LogP contribution < -0.4 is 5.32 Å². The minimum atomic E-state index is -0.389. The molecular formula is C29H38N6O4. The molecule has 3 atom stereocenters. The molecule has 0 aromatic carbocycles. The molecule has 2 aliphatic carbocycles. The van der Waals surface area contributed by atoms with Gasteiger partial charge < -0.3 is 19.9 Å². The van der Waals surface area contributed by atoms with Crippen molar-refractivity contribution in [1.29, 1.82) is 0 Å². The van der Waals surface area contributed by atoms with Gasteiger partial charge in [-0.2, -0.15) is 5.10 Å². The Morgan fingerprint density at radius 1 is 1.21 bits per heavy atom. The zero-order chi connectivity index (χ0) is 26.9. The predicted octanol–water partition coefficient (Wildman–Crippen LogP) is 3.30. The van der Waals surface area contributed by atoms with Crippen molar-refractivity contribution < 1.29 is 19.4 Å². The Hall–Kier alpha value is -2.92. The number of morpholine rings is 1. The Balaban J connectivity index is 1.04. The Bertz CT molecular complexity index is 1290. The lowest BCUT2D eigenvalue weighted by atomic mass is 9.77. The molecule has 2 N–H and O–H groups in total. The maximum absolute atomic E-state index is 12.9. The van der Waals surface area contributed by atoms with Gasteiger partial charge in [-0.1, -0.05) is 13.8 Å². The van der Waals surface area contributed by atoms with Crippen LogP contribution >= 0.6 is 0 Å². The molecule has 3 fully saturated rings. The molecule has 6 rings (SSSR count). The molecule has 2 saturated carbocycles. The van der Waals surface area contributed by atoms with Crippen LogP contribution in [0, 0.1) is 11.8 Å². The average molecular weight is 535 g/mol. The second-order valence-corrected chi connectivity index (χ2v) is 11.5. The normalized spacial score (nSPS) is 27.6. The van der Waals surface area contributed by atoms with E-state index in [0.717, 1.165) is 68.5 Å². The van der Waals surface area contributed by atoms with Crippen LogP contribution in [0.3, 0.4) is 0 Å². The van der Waals surface area contributed by atoms with E-state index in [1.807, 2.05) is 24.4 Å². The second kappa shape index (κ2) is 11.3. The van der Waals surface area contributed by atoms with E-state index >= 15 is 0 Å². The SMILES string of the molecule is CC(C)[C@H]1COCCN1[C@H]1C[C@@H](C(=O)Nc2cc3cc(-c4cnc(CO[C@H]5CCC[C@@H]5O)nc4)ccn3n2)C1. The first kappa shape index (κ1) is 26.3. The maximum atomic E-state index is 12.9. The van der Waals surface area contributed by atoms with E-state index in [-0.39, 0.29) is 24.0 Å². The number of hydrogen-bond donors (Lipinski definition) is 2. The van der Waals surface area contributed by atoms with E-state index in [1.165, 1.54) is 0 Å². The van der Waals surface area contributed by atoms with Crippen molar-refractivity contribution in [3.63, 3.8) is 0 Å².